The Balaban J connectivity index is 1.57. The summed E-state index contributed by atoms with van der Waals surface area (Å²) in [6.45, 7) is 2.55. The Labute approximate surface area is 168 Å². The molecule has 1 aromatic heterocycles. The molecule has 0 spiro atoms. The number of aromatic nitrogens is 2. The summed E-state index contributed by atoms with van der Waals surface area (Å²) in [5, 5.41) is 6.77. The Bertz CT molecular complexity index is 1030. The average molecular weight is 395 g/mol. The lowest BCUT2D eigenvalue weighted by atomic mass is 10.2. The van der Waals surface area contributed by atoms with Crippen molar-refractivity contribution in [3.63, 3.8) is 0 Å². The van der Waals surface area contributed by atoms with Gasteiger partial charge in [-0.1, -0.05) is 30.3 Å². The molecule has 6 nitrogen and oxygen atoms in total. The summed E-state index contributed by atoms with van der Waals surface area (Å²) in [6, 6.07) is 16.8. The molecular weight excluding hydrogens is 373 g/mol. The first-order valence-corrected chi connectivity index (χ1v) is 9.38. The lowest BCUT2D eigenvalue weighted by molar-refractivity contribution is 0.0944. The van der Waals surface area contributed by atoms with E-state index in [-0.39, 0.29) is 11.4 Å². The smallest absolute Gasteiger partial charge is 0.275 e. The zero-order chi connectivity index (χ0) is 20.6. The maximum Gasteiger partial charge on any atom is 0.275 e. The second kappa shape index (κ2) is 9.64. The molecule has 0 atom stereocenters. The lowest BCUT2D eigenvalue weighted by Crippen LogP contribution is -2.32. The number of halogens is 1. The van der Waals surface area contributed by atoms with Crippen LogP contribution in [-0.2, 0) is 0 Å². The summed E-state index contributed by atoms with van der Waals surface area (Å²) in [7, 11) is 0. The molecule has 0 unspecified atom stereocenters. The Kier molecular flexibility index (Phi) is 6.73. The molecule has 29 heavy (non-hydrogen) atoms. The molecule has 0 aliphatic heterocycles. The quantitative estimate of drug-likeness (QED) is 0.594. The van der Waals surface area contributed by atoms with Crippen LogP contribution in [0.25, 0.3) is 5.69 Å². The predicted molar refractivity (Wildman–Crippen MR) is 108 cm³/mol. The van der Waals surface area contributed by atoms with E-state index >= 15 is 0 Å². The number of nitrogens with one attached hydrogen (secondary N) is 1. The third-order valence-electron chi connectivity index (χ3n) is 4.27. The summed E-state index contributed by atoms with van der Waals surface area (Å²) in [5.41, 5.74) is -0.147. The Morgan fingerprint density at radius 1 is 1.10 bits per heavy atom. The first kappa shape index (κ1) is 20.3. The fourth-order valence-electron chi connectivity index (χ4n) is 2.79. The molecule has 7 heteroatoms. The Morgan fingerprint density at radius 2 is 1.83 bits per heavy atom. The predicted octanol–water partition coefficient (Wildman–Crippen LogP) is 3.27. The fourth-order valence-corrected chi connectivity index (χ4v) is 2.79. The number of unbranched alkanes of at least 4 members (excludes halogenated alkanes) is 1. The van der Waals surface area contributed by atoms with Gasteiger partial charge in [-0.25, -0.2) is 9.07 Å². The highest BCUT2D eigenvalue weighted by molar-refractivity contribution is 5.92. The van der Waals surface area contributed by atoms with Crippen LogP contribution in [0, 0.1) is 12.7 Å². The van der Waals surface area contributed by atoms with Gasteiger partial charge in [-0.05, 0) is 44.0 Å². The number of hydrogen-bond donors (Lipinski definition) is 1. The summed E-state index contributed by atoms with van der Waals surface area (Å²) in [6.07, 6.45) is 1.43. The number of ether oxygens (including phenoxy) is 1. The van der Waals surface area contributed by atoms with Crippen LogP contribution in [-0.4, -0.2) is 28.8 Å². The topological polar surface area (TPSA) is 73.2 Å². The third kappa shape index (κ3) is 5.28. The number of aryl methyl sites for hydroxylation is 1. The largest absolute Gasteiger partial charge is 0.494 e. The highest BCUT2D eigenvalue weighted by Gasteiger charge is 2.16. The van der Waals surface area contributed by atoms with Crippen molar-refractivity contribution in [1.29, 1.82) is 0 Å². The van der Waals surface area contributed by atoms with Crippen molar-refractivity contribution in [1.82, 2.24) is 15.1 Å². The minimum absolute atomic E-state index is 0.178. The molecule has 0 saturated carbocycles. The van der Waals surface area contributed by atoms with Crippen molar-refractivity contribution in [2.75, 3.05) is 13.2 Å². The van der Waals surface area contributed by atoms with Gasteiger partial charge in [0.2, 0.25) is 5.43 Å². The van der Waals surface area contributed by atoms with E-state index < -0.39 is 17.2 Å². The summed E-state index contributed by atoms with van der Waals surface area (Å²) >= 11 is 0. The van der Waals surface area contributed by atoms with E-state index in [2.05, 4.69) is 10.4 Å². The molecule has 0 fully saturated rings. The van der Waals surface area contributed by atoms with Gasteiger partial charge in [0.15, 0.2) is 5.69 Å². The van der Waals surface area contributed by atoms with Crippen molar-refractivity contribution in [2.45, 2.75) is 19.8 Å². The molecule has 150 valence electrons. The van der Waals surface area contributed by atoms with Crippen LogP contribution < -0.4 is 15.5 Å². The first-order valence-electron chi connectivity index (χ1n) is 9.38. The van der Waals surface area contributed by atoms with Crippen LogP contribution in [0.1, 0.15) is 29.0 Å². The number of nitrogens with zero attached hydrogens (tertiary/aromatic N) is 2. The van der Waals surface area contributed by atoms with E-state index in [1.807, 2.05) is 30.3 Å². The van der Waals surface area contributed by atoms with Crippen LogP contribution in [0.5, 0.6) is 5.75 Å². The van der Waals surface area contributed by atoms with Gasteiger partial charge >= 0.3 is 0 Å². The van der Waals surface area contributed by atoms with Crippen molar-refractivity contribution < 1.29 is 13.9 Å². The molecule has 0 saturated heterocycles. The standard InChI is InChI=1S/C22H22FN3O3/c1-16-15-20(27)21(25-26(16)19-12-6-5-11-18(19)23)22(28)24-13-7-8-14-29-17-9-3-2-4-10-17/h2-6,9-12,15H,7-8,13-14H2,1H3,(H,24,28). The van der Waals surface area contributed by atoms with Gasteiger partial charge in [0.1, 0.15) is 17.3 Å². The zero-order valence-electron chi connectivity index (χ0n) is 16.1. The summed E-state index contributed by atoms with van der Waals surface area (Å²) < 4.78 is 20.9. The van der Waals surface area contributed by atoms with Crippen LogP contribution in [0.15, 0.2) is 65.5 Å². The van der Waals surface area contributed by atoms with E-state index in [9.17, 15) is 14.0 Å². The molecule has 1 amide bonds. The molecule has 0 bridgehead atoms. The van der Waals surface area contributed by atoms with E-state index in [1.54, 1.807) is 19.1 Å². The maximum absolute atomic E-state index is 14.1. The van der Waals surface area contributed by atoms with Crippen molar-refractivity contribution in [2.24, 2.45) is 0 Å². The molecule has 2 aromatic carbocycles. The highest BCUT2D eigenvalue weighted by Crippen LogP contribution is 2.13. The van der Waals surface area contributed by atoms with E-state index in [1.165, 1.54) is 22.9 Å². The van der Waals surface area contributed by atoms with E-state index in [0.29, 0.717) is 25.3 Å². The first-order chi connectivity index (χ1) is 14.1. The number of rotatable bonds is 8. The van der Waals surface area contributed by atoms with Gasteiger partial charge < -0.3 is 10.1 Å². The van der Waals surface area contributed by atoms with Crippen molar-refractivity contribution in [3.05, 3.63) is 88.1 Å². The Hall–Kier alpha value is -3.48. The molecule has 3 aromatic rings. The number of para-hydroxylation sites is 2. The number of carbonyl (C=O) groups excluding carboxylic acids is 1. The SMILES string of the molecule is Cc1cc(=O)c(C(=O)NCCCCOc2ccccc2)nn1-c1ccccc1F. The fraction of sp³-hybridized carbons (Fsp3) is 0.227. The van der Waals surface area contributed by atoms with Gasteiger partial charge in [0.25, 0.3) is 5.91 Å². The second-order valence-electron chi connectivity index (χ2n) is 6.49. The molecule has 0 aliphatic rings. The van der Waals surface area contributed by atoms with Gasteiger partial charge in [-0.3, -0.25) is 9.59 Å². The number of carbonyl (C=O) groups is 1. The van der Waals surface area contributed by atoms with Gasteiger partial charge in [0, 0.05) is 18.3 Å². The molecular formula is C22H22FN3O3. The summed E-state index contributed by atoms with van der Waals surface area (Å²) in [4.78, 5) is 24.6. The third-order valence-corrected chi connectivity index (χ3v) is 4.27. The van der Waals surface area contributed by atoms with Crippen LogP contribution in [0.4, 0.5) is 4.39 Å². The molecule has 1 N–H and O–H groups in total. The molecule has 3 rings (SSSR count). The molecule has 0 aliphatic carbocycles. The summed E-state index contributed by atoms with van der Waals surface area (Å²) in [5.74, 6) is -0.269. The van der Waals surface area contributed by atoms with Gasteiger partial charge in [0.05, 0.1) is 6.61 Å². The number of benzene rings is 2. The molecule has 0 radical (unpaired) electrons. The monoisotopic (exact) mass is 395 g/mol. The minimum Gasteiger partial charge on any atom is -0.494 e. The van der Waals surface area contributed by atoms with Crippen molar-refractivity contribution in [3.8, 4) is 11.4 Å². The van der Waals surface area contributed by atoms with Crippen LogP contribution in [0.3, 0.4) is 0 Å². The van der Waals surface area contributed by atoms with E-state index in [0.717, 1.165) is 12.2 Å². The lowest BCUT2D eigenvalue weighted by Gasteiger charge is -2.12. The number of hydrogen-bond acceptors (Lipinski definition) is 4. The van der Waals surface area contributed by atoms with Crippen LogP contribution >= 0.6 is 0 Å². The van der Waals surface area contributed by atoms with Gasteiger partial charge in [-0.15, -0.1) is 0 Å². The zero-order valence-corrected chi connectivity index (χ0v) is 16.1. The molecule has 1 heterocycles. The van der Waals surface area contributed by atoms with Crippen LogP contribution in [0.2, 0.25) is 0 Å². The highest BCUT2D eigenvalue weighted by atomic mass is 19.1. The van der Waals surface area contributed by atoms with Crippen molar-refractivity contribution >= 4 is 5.91 Å². The van der Waals surface area contributed by atoms with Gasteiger partial charge in [-0.2, -0.15) is 5.10 Å². The Morgan fingerprint density at radius 3 is 2.59 bits per heavy atom. The number of amides is 1. The average Bonchev–Trinajstić information content (AvgIpc) is 2.72. The maximum atomic E-state index is 14.1. The minimum atomic E-state index is -0.580. The second-order valence-corrected chi connectivity index (χ2v) is 6.49. The normalized spacial score (nSPS) is 10.6. The van der Waals surface area contributed by atoms with E-state index in [4.69, 9.17) is 4.74 Å².